The van der Waals surface area contributed by atoms with Crippen molar-refractivity contribution in [1.82, 2.24) is 10.6 Å². The lowest BCUT2D eigenvalue weighted by atomic mass is 10.2. The molecule has 0 saturated carbocycles. The van der Waals surface area contributed by atoms with Crippen LogP contribution in [0.4, 0.5) is 13.5 Å². The molecule has 0 aromatic rings. The van der Waals surface area contributed by atoms with Gasteiger partial charge < -0.3 is 20.1 Å². The third kappa shape index (κ3) is 11.6. The van der Waals surface area contributed by atoms with Gasteiger partial charge in [0.05, 0.1) is 0 Å². The summed E-state index contributed by atoms with van der Waals surface area (Å²) in [5, 5.41) is 2.64. The normalized spacial score (nSPS) is 12.7. The van der Waals surface area contributed by atoms with E-state index in [2.05, 4.69) is 10.6 Å². The first-order valence-corrected chi connectivity index (χ1v) is 8.42. The molecule has 0 unspecified atom stereocenters. The van der Waals surface area contributed by atoms with Crippen molar-refractivity contribution < 1.29 is 31.4 Å². The third-order valence-corrected chi connectivity index (χ3v) is 3.27. The van der Waals surface area contributed by atoms with Gasteiger partial charge in [0.2, 0.25) is 0 Å². The average molecular weight is 356 g/mol. The number of nitrogens with one attached hydrogen (secondary N) is 2. The van der Waals surface area contributed by atoms with Gasteiger partial charge in [0.25, 0.3) is 0 Å². The molecule has 0 aliphatic rings. The fraction of sp³-hybridized carbons (Fsp3) is 0.846. The molecular formula is C13H25FN2O6S. The lowest BCUT2D eigenvalue weighted by molar-refractivity contribution is 0.0526. The van der Waals surface area contributed by atoms with Gasteiger partial charge in [0.15, 0.2) is 0 Å². The van der Waals surface area contributed by atoms with E-state index in [4.69, 9.17) is 9.47 Å². The molecule has 0 spiro atoms. The van der Waals surface area contributed by atoms with Crippen LogP contribution in [0.15, 0.2) is 0 Å². The Morgan fingerprint density at radius 1 is 0.913 bits per heavy atom. The van der Waals surface area contributed by atoms with Gasteiger partial charge in [-0.2, -0.15) is 8.42 Å². The molecule has 0 bridgehead atoms. The summed E-state index contributed by atoms with van der Waals surface area (Å²) in [7, 11) is -4.98. The molecule has 0 aliphatic heterocycles. The van der Waals surface area contributed by atoms with Crippen molar-refractivity contribution in [3.63, 3.8) is 0 Å². The van der Waals surface area contributed by atoms with Crippen molar-refractivity contribution in [3.05, 3.63) is 0 Å². The minimum absolute atomic E-state index is 0.552. The predicted molar refractivity (Wildman–Crippen MR) is 82.3 cm³/mol. The van der Waals surface area contributed by atoms with Crippen LogP contribution in [0.2, 0.25) is 0 Å². The van der Waals surface area contributed by atoms with Crippen LogP contribution in [0.25, 0.3) is 0 Å². The van der Waals surface area contributed by atoms with Crippen LogP contribution in [0, 0.1) is 0 Å². The fourth-order valence-electron chi connectivity index (χ4n) is 1.29. The summed E-state index contributed by atoms with van der Waals surface area (Å²) < 4.78 is 45.2. The zero-order valence-electron chi connectivity index (χ0n) is 14.2. The number of ether oxygens (including phenoxy) is 2. The molecule has 0 heterocycles. The molecule has 0 fully saturated rings. The fourth-order valence-corrected chi connectivity index (χ4v) is 1.86. The number of carbonyl (C=O) groups is 2. The monoisotopic (exact) mass is 356 g/mol. The zero-order chi connectivity index (χ0) is 18.5. The summed E-state index contributed by atoms with van der Waals surface area (Å²) in [6.07, 6.45) is -1.77. The quantitative estimate of drug-likeness (QED) is 0.726. The molecule has 0 aromatic heterocycles. The van der Waals surface area contributed by atoms with Crippen molar-refractivity contribution in [2.45, 2.75) is 58.0 Å². The molecule has 0 rings (SSSR count). The maximum Gasteiger partial charge on any atom is 0.407 e. The van der Waals surface area contributed by atoms with E-state index in [1.807, 2.05) is 0 Å². The molecule has 0 aliphatic carbocycles. The smallest absolute Gasteiger partial charge is 0.407 e. The first-order valence-electron chi connectivity index (χ1n) is 6.97. The van der Waals surface area contributed by atoms with Crippen molar-refractivity contribution in [3.8, 4) is 0 Å². The van der Waals surface area contributed by atoms with E-state index in [9.17, 15) is 21.9 Å². The first kappa shape index (κ1) is 21.4. The highest BCUT2D eigenvalue weighted by atomic mass is 32.3. The SMILES string of the molecule is CC(C)(C)OC(=O)NCC(CNC(=O)OC(C)(C)C)S(=O)(=O)F. The first-order chi connectivity index (χ1) is 10.1. The number of carbonyl (C=O) groups excluding carboxylic acids is 2. The predicted octanol–water partition coefficient (Wildman–Crippen LogP) is 1.70. The third-order valence-electron chi connectivity index (χ3n) is 2.14. The van der Waals surface area contributed by atoms with Crippen molar-refractivity contribution in [2.24, 2.45) is 0 Å². The topological polar surface area (TPSA) is 111 Å². The van der Waals surface area contributed by atoms with Gasteiger partial charge in [-0.15, -0.1) is 3.89 Å². The lowest BCUT2D eigenvalue weighted by Crippen LogP contribution is -2.45. The van der Waals surface area contributed by atoms with E-state index < -0.39 is 52.0 Å². The Balaban J connectivity index is 4.57. The Kier molecular flexibility index (Phi) is 7.26. The summed E-state index contributed by atoms with van der Waals surface area (Å²) in [6.45, 7) is 8.65. The van der Waals surface area contributed by atoms with E-state index >= 15 is 0 Å². The van der Waals surface area contributed by atoms with Gasteiger partial charge in [0.1, 0.15) is 16.5 Å². The molecular weight excluding hydrogens is 331 g/mol. The summed E-state index contributed by atoms with van der Waals surface area (Å²) in [6, 6.07) is 0. The molecule has 8 nitrogen and oxygen atoms in total. The number of hydrogen-bond acceptors (Lipinski definition) is 6. The molecule has 136 valence electrons. The van der Waals surface area contributed by atoms with Crippen LogP contribution >= 0.6 is 0 Å². The summed E-state index contributed by atoms with van der Waals surface area (Å²) >= 11 is 0. The second kappa shape index (κ2) is 7.80. The summed E-state index contributed by atoms with van der Waals surface area (Å²) in [5.41, 5.74) is -1.55. The Bertz CT molecular complexity index is 490. The molecule has 0 saturated heterocycles. The second-order valence-electron chi connectivity index (χ2n) is 6.86. The highest BCUT2D eigenvalue weighted by Crippen LogP contribution is 2.09. The summed E-state index contributed by atoms with van der Waals surface area (Å²) in [4.78, 5) is 22.9. The van der Waals surface area contributed by atoms with E-state index in [1.165, 1.54) is 0 Å². The van der Waals surface area contributed by atoms with Crippen molar-refractivity contribution in [1.29, 1.82) is 0 Å². The molecule has 10 heteroatoms. The maximum absolute atomic E-state index is 13.2. The van der Waals surface area contributed by atoms with Crippen LogP contribution in [0.3, 0.4) is 0 Å². The molecule has 2 amide bonds. The molecule has 23 heavy (non-hydrogen) atoms. The highest BCUT2D eigenvalue weighted by Gasteiger charge is 2.28. The molecule has 0 atom stereocenters. The van der Waals surface area contributed by atoms with E-state index in [1.54, 1.807) is 41.5 Å². The molecule has 2 N–H and O–H groups in total. The Labute approximate surface area is 136 Å². The Morgan fingerprint density at radius 3 is 1.43 bits per heavy atom. The Morgan fingerprint density at radius 2 is 1.22 bits per heavy atom. The standard InChI is InChI=1S/C13H25FN2O6S/c1-12(2,3)21-10(17)15-7-9(23(14,19)20)8-16-11(18)22-13(4,5)6/h9H,7-8H2,1-6H3,(H,15,17)(H,16,18). The van der Waals surface area contributed by atoms with Gasteiger partial charge in [-0.25, -0.2) is 9.59 Å². The minimum atomic E-state index is -4.98. The number of hydrogen-bond donors (Lipinski definition) is 2. The number of rotatable bonds is 5. The van der Waals surface area contributed by atoms with E-state index in [0.29, 0.717) is 0 Å². The number of amides is 2. The van der Waals surface area contributed by atoms with Crippen LogP contribution in [-0.4, -0.2) is 50.1 Å². The van der Waals surface area contributed by atoms with Gasteiger partial charge in [-0.3, -0.25) is 0 Å². The zero-order valence-corrected chi connectivity index (χ0v) is 15.0. The van der Waals surface area contributed by atoms with E-state index in [-0.39, 0.29) is 0 Å². The van der Waals surface area contributed by atoms with Gasteiger partial charge >= 0.3 is 22.4 Å². The van der Waals surface area contributed by atoms with Crippen LogP contribution in [-0.2, 0) is 19.7 Å². The average Bonchev–Trinajstić information content (AvgIpc) is 2.21. The minimum Gasteiger partial charge on any atom is -0.444 e. The van der Waals surface area contributed by atoms with Crippen LogP contribution in [0.5, 0.6) is 0 Å². The highest BCUT2D eigenvalue weighted by molar-refractivity contribution is 7.87. The Hall–Kier alpha value is -1.58. The van der Waals surface area contributed by atoms with Crippen LogP contribution in [0.1, 0.15) is 41.5 Å². The molecule has 0 radical (unpaired) electrons. The van der Waals surface area contributed by atoms with Crippen molar-refractivity contribution >= 4 is 22.4 Å². The van der Waals surface area contributed by atoms with Gasteiger partial charge in [-0.1, -0.05) is 0 Å². The van der Waals surface area contributed by atoms with Crippen LogP contribution < -0.4 is 10.6 Å². The second-order valence-corrected chi connectivity index (χ2v) is 8.48. The number of alkyl carbamates (subject to hydrolysis) is 2. The summed E-state index contributed by atoms with van der Waals surface area (Å²) in [5.74, 6) is 0. The maximum atomic E-state index is 13.2. The molecule has 0 aromatic carbocycles. The van der Waals surface area contributed by atoms with E-state index in [0.717, 1.165) is 0 Å². The van der Waals surface area contributed by atoms with Gasteiger partial charge in [-0.05, 0) is 41.5 Å². The lowest BCUT2D eigenvalue weighted by Gasteiger charge is -2.22. The largest absolute Gasteiger partial charge is 0.444 e. The number of halogens is 1. The van der Waals surface area contributed by atoms with Crippen molar-refractivity contribution in [2.75, 3.05) is 13.1 Å². The van der Waals surface area contributed by atoms with Gasteiger partial charge in [0, 0.05) is 13.1 Å².